The summed E-state index contributed by atoms with van der Waals surface area (Å²) < 4.78 is 5.63. The molecule has 14 heavy (non-hydrogen) atoms. The quantitative estimate of drug-likeness (QED) is 0.755. The molecule has 0 amide bonds. The van der Waals surface area contributed by atoms with Crippen molar-refractivity contribution in [1.29, 1.82) is 0 Å². The Morgan fingerprint density at radius 2 is 2.36 bits per heavy atom. The van der Waals surface area contributed by atoms with Crippen LogP contribution < -0.4 is 4.74 Å². The topological polar surface area (TPSA) is 25.0 Å². The molecule has 2 heteroatoms. The molecule has 0 saturated heterocycles. The summed E-state index contributed by atoms with van der Waals surface area (Å²) in [6, 6.07) is 1.90. The maximum Gasteiger partial charge on any atom is 0.144 e. The van der Waals surface area contributed by atoms with Crippen LogP contribution in [0.3, 0.4) is 0 Å². The van der Waals surface area contributed by atoms with Gasteiger partial charge in [0.15, 0.2) is 0 Å². The van der Waals surface area contributed by atoms with Gasteiger partial charge in [0, 0.05) is 12.4 Å². The van der Waals surface area contributed by atoms with Crippen LogP contribution in [0.25, 0.3) is 0 Å². The van der Waals surface area contributed by atoms with Crippen molar-refractivity contribution in [2.45, 2.75) is 13.3 Å². The van der Waals surface area contributed by atoms with E-state index >= 15 is 0 Å². The molecule has 2 nitrogen and oxygen atoms in total. The predicted octanol–water partition coefficient (Wildman–Crippen LogP) is 3.18. The summed E-state index contributed by atoms with van der Waals surface area (Å²) in [7, 11) is 0. The molecule has 72 valence electrons. The van der Waals surface area contributed by atoms with E-state index < -0.39 is 0 Å². The molecule has 0 spiro atoms. The number of H-pyrrole nitrogens is 1. The van der Waals surface area contributed by atoms with Gasteiger partial charge in [-0.3, -0.25) is 0 Å². The molecule has 1 aromatic heterocycles. The highest BCUT2D eigenvalue weighted by Crippen LogP contribution is 2.16. The minimum atomic E-state index is 0.848. The number of aromatic nitrogens is 1. The van der Waals surface area contributed by atoms with Crippen molar-refractivity contribution in [3.63, 3.8) is 0 Å². The van der Waals surface area contributed by atoms with E-state index in [-0.39, 0.29) is 0 Å². The van der Waals surface area contributed by atoms with Gasteiger partial charge in [-0.05, 0) is 31.6 Å². The first-order valence-corrected chi connectivity index (χ1v) is 4.69. The highest BCUT2D eigenvalue weighted by Gasteiger charge is 1.99. The number of ether oxygens (including phenoxy) is 1. The second-order valence-corrected chi connectivity index (χ2v) is 3.33. The van der Waals surface area contributed by atoms with Crippen molar-refractivity contribution in [2.24, 2.45) is 0 Å². The van der Waals surface area contributed by atoms with Crippen LogP contribution in [-0.4, -0.2) is 4.98 Å². The van der Waals surface area contributed by atoms with Crippen molar-refractivity contribution < 1.29 is 4.74 Å². The molecule has 0 fully saturated rings. The van der Waals surface area contributed by atoms with Crippen LogP contribution in [0.5, 0.6) is 5.75 Å². The van der Waals surface area contributed by atoms with Crippen molar-refractivity contribution in [3.8, 4) is 5.75 Å². The third-order valence-corrected chi connectivity index (χ3v) is 2.07. The van der Waals surface area contributed by atoms with Crippen LogP contribution >= 0.6 is 0 Å². The maximum atomic E-state index is 5.63. The first-order chi connectivity index (χ1) is 6.84. The Balaban J connectivity index is 2.07. The van der Waals surface area contributed by atoms with Crippen LogP contribution in [0.1, 0.15) is 13.3 Å². The number of hydrogen-bond acceptors (Lipinski definition) is 1. The zero-order chi connectivity index (χ0) is 9.80. The lowest BCUT2D eigenvalue weighted by atomic mass is 10.2. The molecule has 0 aliphatic heterocycles. The van der Waals surface area contributed by atoms with Gasteiger partial charge in [0.25, 0.3) is 0 Å². The Morgan fingerprint density at radius 1 is 1.43 bits per heavy atom. The van der Waals surface area contributed by atoms with Gasteiger partial charge in [0.05, 0.1) is 0 Å². The zero-order valence-corrected chi connectivity index (χ0v) is 8.16. The van der Waals surface area contributed by atoms with Crippen molar-refractivity contribution >= 4 is 0 Å². The predicted molar refractivity (Wildman–Crippen MR) is 57.0 cm³/mol. The van der Waals surface area contributed by atoms with E-state index in [1.54, 1.807) is 0 Å². The zero-order valence-electron chi connectivity index (χ0n) is 8.16. The van der Waals surface area contributed by atoms with E-state index in [1.165, 1.54) is 5.57 Å². The number of aromatic amines is 1. The van der Waals surface area contributed by atoms with E-state index in [0.717, 1.165) is 17.9 Å². The molecule has 0 radical (unpaired) electrons. The molecule has 0 saturated carbocycles. The van der Waals surface area contributed by atoms with Gasteiger partial charge >= 0.3 is 0 Å². The smallest absolute Gasteiger partial charge is 0.144 e. The lowest BCUT2D eigenvalue weighted by Crippen LogP contribution is -1.90. The van der Waals surface area contributed by atoms with E-state index in [2.05, 4.69) is 24.1 Å². The van der Waals surface area contributed by atoms with Gasteiger partial charge in [0.1, 0.15) is 11.5 Å². The summed E-state index contributed by atoms with van der Waals surface area (Å²) in [5.74, 6) is 1.75. The van der Waals surface area contributed by atoms with Gasteiger partial charge in [-0.2, -0.15) is 0 Å². The lowest BCUT2D eigenvalue weighted by molar-refractivity contribution is 0.443. The van der Waals surface area contributed by atoms with E-state index in [0.29, 0.717) is 0 Å². The standard InChI is InChI=1S/C12H13NO/c1-10-3-2-4-11(6-5-10)14-12-7-8-13-9-12/h2-4,6-9,13H,5H2,1H3. The van der Waals surface area contributed by atoms with Crippen molar-refractivity contribution in [3.05, 3.63) is 54.1 Å². The number of rotatable bonds is 2. The van der Waals surface area contributed by atoms with Crippen LogP contribution in [-0.2, 0) is 0 Å². The second-order valence-electron chi connectivity index (χ2n) is 3.33. The summed E-state index contributed by atoms with van der Waals surface area (Å²) in [6.45, 7) is 2.11. The summed E-state index contributed by atoms with van der Waals surface area (Å²) in [5, 5.41) is 0. The van der Waals surface area contributed by atoms with Gasteiger partial charge in [0.2, 0.25) is 0 Å². The molecular formula is C12H13NO. The molecule has 0 aromatic carbocycles. The Morgan fingerprint density at radius 3 is 3.14 bits per heavy atom. The average Bonchev–Trinajstić information content (AvgIpc) is 2.58. The highest BCUT2D eigenvalue weighted by molar-refractivity contribution is 5.29. The Labute approximate surface area is 83.6 Å². The first kappa shape index (κ1) is 8.88. The minimum Gasteiger partial charge on any atom is -0.456 e. The van der Waals surface area contributed by atoms with Gasteiger partial charge in [-0.1, -0.05) is 17.7 Å². The summed E-state index contributed by atoms with van der Waals surface area (Å²) >= 11 is 0. The van der Waals surface area contributed by atoms with Crippen molar-refractivity contribution in [2.75, 3.05) is 0 Å². The van der Waals surface area contributed by atoms with Crippen LogP contribution in [0, 0.1) is 0 Å². The molecule has 0 bridgehead atoms. The Bertz CT molecular complexity index is 382. The largest absolute Gasteiger partial charge is 0.456 e. The molecule has 2 rings (SSSR count). The van der Waals surface area contributed by atoms with E-state index in [9.17, 15) is 0 Å². The molecular weight excluding hydrogens is 174 g/mol. The monoisotopic (exact) mass is 187 g/mol. The van der Waals surface area contributed by atoms with Crippen LogP contribution in [0.4, 0.5) is 0 Å². The fraction of sp³-hybridized carbons (Fsp3) is 0.167. The van der Waals surface area contributed by atoms with E-state index in [4.69, 9.17) is 4.74 Å². The molecule has 0 unspecified atom stereocenters. The SMILES string of the molecule is CC1=CC=CC(Oc2cc[nH]c2)=CC1. The average molecular weight is 187 g/mol. The Hall–Kier alpha value is -1.70. The lowest BCUT2D eigenvalue weighted by Gasteiger charge is -2.02. The van der Waals surface area contributed by atoms with Gasteiger partial charge in [-0.25, -0.2) is 0 Å². The molecule has 1 aliphatic rings. The van der Waals surface area contributed by atoms with Crippen LogP contribution in [0.2, 0.25) is 0 Å². The van der Waals surface area contributed by atoms with Gasteiger partial charge < -0.3 is 9.72 Å². The molecule has 1 aliphatic carbocycles. The summed E-state index contributed by atoms with van der Waals surface area (Å²) in [5.41, 5.74) is 1.34. The van der Waals surface area contributed by atoms with Crippen LogP contribution in [0.15, 0.2) is 54.1 Å². The highest BCUT2D eigenvalue weighted by atomic mass is 16.5. The summed E-state index contributed by atoms with van der Waals surface area (Å²) in [4.78, 5) is 2.95. The number of allylic oxidation sites excluding steroid dienone is 5. The third-order valence-electron chi connectivity index (χ3n) is 2.07. The fourth-order valence-electron chi connectivity index (χ4n) is 1.29. The van der Waals surface area contributed by atoms with Gasteiger partial charge in [-0.15, -0.1) is 0 Å². The second kappa shape index (κ2) is 4.01. The number of nitrogens with one attached hydrogen (secondary N) is 1. The fourth-order valence-corrected chi connectivity index (χ4v) is 1.29. The molecule has 1 heterocycles. The van der Waals surface area contributed by atoms with Crippen molar-refractivity contribution in [1.82, 2.24) is 4.98 Å². The molecule has 0 atom stereocenters. The normalized spacial score (nSPS) is 15.8. The third kappa shape index (κ3) is 2.16. The maximum absolute atomic E-state index is 5.63. The Kier molecular flexibility index (Phi) is 2.54. The molecule has 1 aromatic rings. The first-order valence-electron chi connectivity index (χ1n) is 4.69. The number of hydrogen-bond donors (Lipinski definition) is 1. The minimum absolute atomic E-state index is 0.848. The molecule has 1 N–H and O–H groups in total. The van der Waals surface area contributed by atoms with E-state index in [1.807, 2.05) is 30.6 Å². The summed E-state index contributed by atoms with van der Waals surface area (Å²) in [6.07, 6.45) is 12.8.